The van der Waals surface area contributed by atoms with Crippen LogP contribution in [-0.2, 0) is 0 Å². The maximum Gasteiger partial charge on any atom is 0.314 e. The van der Waals surface area contributed by atoms with Gasteiger partial charge in [-0.25, -0.2) is 4.58 Å². The summed E-state index contributed by atoms with van der Waals surface area (Å²) in [5.41, 5.74) is 2.29. The van der Waals surface area contributed by atoms with Crippen molar-refractivity contribution in [2.24, 2.45) is 0 Å². The quantitative estimate of drug-likeness (QED) is 0.307. The Balaban J connectivity index is 1.95. The molecule has 2 heterocycles. The number of nitrogens with zero attached hydrogens (tertiary/aromatic N) is 1. The van der Waals surface area contributed by atoms with E-state index >= 15 is 0 Å². The normalized spacial score (nSPS) is 15.2. The zero-order chi connectivity index (χ0) is 18.3. The molecule has 1 aromatic heterocycles. The molecule has 0 bridgehead atoms. The van der Waals surface area contributed by atoms with Gasteiger partial charge in [-0.1, -0.05) is 46.4 Å². The van der Waals surface area contributed by atoms with Crippen LogP contribution in [-0.4, -0.2) is 13.1 Å². The minimum absolute atomic E-state index is 0.0683. The molecule has 1 aliphatic heterocycles. The molecule has 134 valence electrons. The molecule has 0 saturated carbocycles. The van der Waals surface area contributed by atoms with Crippen LogP contribution in [0.4, 0.5) is 0 Å². The Bertz CT molecular complexity index is 1020. The summed E-state index contributed by atoms with van der Waals surface area (Å²) < 4.78 is 11.4. The highest BCUT2D eigenvalue weighted by atomic mass is 127. The number of fused-ring (bicyclic) bond motifs is 3. The minimum Gasteiger partial charge on any atom is -0.479 e. The highest BCUT2D eigenvalue weighted by Gasteiger charge is 2.31. The van der Waals surface area contributed by atoms with Gasteiger partial charge < -0.3 is 4.74 Å². The number of ether oxygens (including phenoxy) is 1. The molecule has 0 aliphatic carbocycles. The fraction of sp³-hybridized carbons (Fsp3) is 0.250. The number of benzene rings is 2. The molecule has 0 fully saturated rings. The Labute approximate surface area is 179 Å². The van der Waals surface area contributed by atoms with Crippen LogP contribution in [0.1, 0.15) is 30.4 Å². The second-order valence-corrected chi connectivity index (χ2v) is 10.00. The zero-order valence-electron chi connectivity index (χ0n) is 14.5. The number of halogens is 2. The predicted octanol–water partition coefficient (Wildman–Crippen LogP) is 6.03. The summed E-state index contributed by atoms with van der Waals surface area (Å²) >= 11 is 12.3. The first-order chi connectivity index (χ1) is 12.6. The van der Waals surface area contributed by atoms with Gasteiger partial charge in [0.1, 0.15) is 18.8 Å². The van der Waals surface area contributed by atoms with Crippen LogP contribution < -0.4 is 13.3 Å². The van der Waals surface area contributed by atoms with Crippen molar-refractivity contribution >= 4 is 56.9 Å². The first-order valence-corrected chi connectivity index (χ1v) is 11.6. The fourth-order valence-electron chi connectivity index (χ4n) is 3.09. The summed E-state index contributed by atoms with van der Waals surface area (Å²) in [6, 6.07) is 14.5. The van der Waals surface area contributed by atoms with E-state index < -0.39 is 0 Å². The molecule has 26 heavy (non-hydrogen) atoms. The van der Waals surface area contributed by atoms with Crippen LogP contribution in [0.5, 0.6) is 5.75 Å². The van der Waals surface area contributed by atoms with E-state index in [1.807, 2.05) is 40.9 Å². The van der Waals surface area contributed by atoms with Crippen molar-refractivity contribution < 1.29 is 4.74 Å². The lowest BCUT2D eigenvalue weighted by Crippen LogP contribution is -2.25. The second-order valence-electron chi connectivity index (χ2n) is 6.03. The zero-order valence-corrected chi connectivity index (χ0v) is 19.0. The van der Waals surface area contributed by atoms with E-state index in [0.717, 1.165) is 29.4 Å². The maximum atomic E-state index is 6.44. The molecular weight excluding hydrogens is 497 g/mol. The summed E-state index contributed by atoms with van der Waals surface area (Å²) in [5, 5.41) is 0.744. The van der Waals surface area contributed by atoms with E-state index in [9.17, 15) is 0 Å². The van der Waals surface area contributed by atoms with Gasteiger partial charge in [0, 0.05) is 14.2 Å². The lowest BCUT2D eigenvalue weighted by Gasteiger charge is -2.26. The molecule has 0 saturated heterocycles. The Morgan fingerprint density at radius 3 is 2.50 bits per heavy atom. The van der Waals surface area contributed by atoms with E-state index in [2.05, 4.69) is 65.3 Å². The van der Waals surface area contributed by atoms with E-state index in [0.29, 0.717) is 0 Å². The van der Waals surface area contributed by atoms with Crippen LogP contribution >= 0.6 is 56.9 Å². The molecule has 1 aliphatic rings. The standard InChI is InChI=1S/C20H18ClINOS2/c1-3-23(4-2)20-25-18-15-11-13(21)7-10-16(15)24-17(19(18)26-20)12-5-8-14(22)9-6-12/h5-11,17H,3-4H2,1-2H3/q+1. The summed E-state index contributed by atoms with van der Waals surface area (Å²) in [6.45, 7) is 6.41. The molecule has 0 spiro atoms. The third kappa shape index (κ3) is 3.35. The molecular formula is C20H18ClINOS2+. The molecule has 0 amide bonds. The average molecular weight is 515 g/mol. The van der Waals surface area contributed by atoms with E-state index in [1.54, 1.807) is 0 Å². The molecule has 2 aromatic carbocycles. The highest BCUT2D eigenvalue weighted by molar-refractivity contribution is 14.1. The predicted molar refractivity (Wildman–Crippen MR) is 121 cm³/mol. The van der Waals surface area contributed by atoms with Crippen LogP contribution in [0.25, 0.3) is 10.4 Å². The molecule has 0 N–H and O–H groups in total. The fourth-order valence-corrected chi connectivity index (χ4v) is 6.67. The van der Waals surface area contributed by atoms with Crippen molar-refractivity contribution in [1.82, 2.24) is 4.58 Å². The Kier molecular flexibility index (Phi) is 5.41. The van der Waals surface area contributed by atoms with E-state index in [-0.39, 0.29) is 6.10 Å². The van der Waals surface area contributed by atoms with Crippen LogP contribution in [0.3, 0.4) is 0 Å². The van der Waals surface area contributed by atoms with Gasteiger partial charge in [0.15, 0.2) is 6.10 Å². The molecule has 4 rings (SSSR count). The van der Waals surface area contributed by atoms with Crippen molar-refractivity contribution in [2.45, 2.75) is 20.0 Å². The van der Waals surface area contributed by atoms with Crippen molar-refractivity contribution in [3.8, 4) is 16.2 Å². The summed E-state index contributed by atoms with van der Waals surface area (Å²) in [5.74, 6) is 0.908. The van der Waals surface area contributed by atoms with Crippen LogP contribution in [0.2, 0.25) is 5.02 Å². The summed E-state index contributed by atoms with van der Waals surface area (Å²) in [4.78, 5) is 2.55. The van der Waals surface area contributed by atoms with Gasteiger partial charge >= 0.3 is 3.98 Å². The monoisotopic (exact) mass is 514 g/mol. The van der Waals surface area contributed by atoms with Gasteiger partial charge in [-0.05, 0) is 72.3 Å². The Hall–Kier alpha value is -0.890. The van der Waals surface area contributed by atoms with Gasteiger partial charge in [-0.2, -0.15) is 0 Å². The Morgan fingerprint density at radius 2 is 1.81 bits per heavy atom. The molecule has 1 atom stereocenters. The number of hydrogen-bond acceptors (Lipinski definition) is 3. The molecule has 1 unspecified atom stereocenters. The summed E-state index contributed by atoms with van der Waals surface area (Å²) in [7, 11) is 0. The molecule has 2 nitrogen and oxygen atoms in total. The van der Waals surface area contributed by atoms with Crippen LogP contribution in [0.15, 0.2) is 42.5 Å². The smallest absolute Gasteiger partial charge is 0.314 e. The topological polar surface area (TPSA) is 12.2 Å². The first kappa shape index (κ1) is 18.5. The molecule has 0 radical (unpaired) electrons. The van der Waals surface area contributed by atoms with Gasteiger partial charge in [0.25, 0.3) is 0 Å². The third-order valence-corrected chi connectivity index (χ3v) is 8.21. The number of rotatable bonds is 3. The van der Waals surface area contributed by atoms with E-state index in [4.69, 9.17) is 16.3 Å². The van der Waals surface area contributed by atoms with Crippen molar-refractivity contribution in [1.29, 1.82) is 0 Å². The SMILES string of the molecule is CC[N+](CC)=c1sc2c(s1)C(c1ccc(I)cc1)Oc1ccc(Cl)cc1-2. The first-order valence-electron chi connectivity index (χ1n) is 8.54. The van der Waals surface area contributed by atoms with Crippen molar-refractivity contribution in [3.05, 3.63) is 65.5 Å². The lowest BCUT2D eigenvalue weighted by molar-refractivity contribution is 0.248. The maximum absolute atomic E-state index is 6.44. The lowest BCUT2D eigenvalue weighted by atomic mass is 10.0. The van der Waals surface area contributed by atoms with Crippen molar-refractivity contribution in [2.75, 3.05) is 13.1 Å². The van der Waals surface area contributed by atoms with Gasteiger partial charge in [-0.3, -0.25) is 0 Å². The highest BCUT2D eigenvalue weighted by Crippen LogP contribution is 2.48. The Morgan fingerprint density at radius 1 is 1.08 bits per heavy atom. The summed E-state index contributed by atoms with van der Waals surface area (Å²) in [6.07, 6.45) is -0.0683. The number of hydrogen-bond donors (Lipinski definition) is 0. The minimum atomic E-state index is -0.0683. The van der Waals surface area contributed by atoms with Gasteiger partial charge in [-0.15, -0.1) is 0 Å². The largest absolute Gasteiger partial charge is 0.479 e. The van der Waals surface area contributed by atoms with Gasteiger partial charge in [0.2, 0.25) is 0 Å². The average Bonchev–Trinajstić information content (AvgIpc) is 3.08. The van der Waals surface area contributed by atoms with Gasteiger partial charge in [0.05, 0.1) is 9.75 Å². The second kappa shape index (κ2) is 7.62. The van der Waals surface area contributed by atoms with E-state index in [1.165, 1.54) is 22.9 Å². The molecule has 3 aromatic rings. The third-order valence-electron chi connectivity index (χ3n) is 4.47. The van der Waals surface area contributed by atoms with Crippen LogP contribution in [0, 0.1) is 3.57 Å². The molecule has 6 heteroatoms. The van der Waals surface area contributed by atoms with Crippen molar-refractivity contribution in [3.63, 3.8) is 0 Å².